The lowest BCUT2D eigenvalue weighted by Crippen LogP contribution is -2.16. The van der Waals surface area contributed by atoms with Crippen molar-refractivity contribution < 1.29 is 13.5 Å². The molecule has 0 saturated carbocycles. The number of halogens is 2. The summed E-state index contributed by atoms with van der Waals surface area (Å²) in [5.74, 6) is -0.00515. The maximum absolute atomic E-state index is 14.7. The Labute approximate surface area is 167 Å². The highest BCUT2D eigenvalue weighted by atomic mass is 19.1. The molecule has 2 aromatic carbocycles. The second-order valence-corrected chi connectivity index (χ2v) is 7.73. The highest BCUT2D eigenvalue weighted by Gasteiger charge is 2.26. The Morgan fingerprint density at radius 1 is 1.11 bits per heavy atom. The number of unbranched alkanes of at least 4 members (excludes halogenated alkanes) is 2. The first-order chi connectivity index (χ1) is 13.6. The molecule has 0 amide bonds. The molecule has 0 N–H and O–H groups in total. The van der Waals surface area contributed by atoms with Crippen LogP contribution < -0.4 is 4.74 Å². The van der Waals surface area contributed by atoms with E-state index in [9.17, 15) is 8.78 Å². The van der Waals surface area contributed by atoms with Gasteiger partial charge in [-0.15, -0.1) is 6.58 Å². The fraction of sp³-hybridized carbons (Fsp3) is 0.440. The van der Waals surface area contributed by atoms with Crippen molar-refractivity contribution in [1.82, 2.24) is 0 Å². The fourth-order valence-electron chi connectivity index (χ4n) is 4.04. The van der Waals surface area contributed by atoms with E-state index in [0.29, 0.717) is 13.0 Å². The van der Waals surface area contributed by atoms with E-state index in [1.54, 1.807) is 0 Å². The summed E-state index contributed by atoms with van der Waals surface area (Å²) in [5, 5.41) is 0. The van der Waals surface area contributed by atoms with Gasteiger partial charge in [0.05, 0.1) is 6.61 Å². The van der Waals surface area contributed by atoms with Crippen LogP contribution in [0.5, 0.6) is 5.75 Å². The summed E-state index contributed by atoms with van der Waals surface area (Å²) in [6.45, 7) is 6.47. The number of ether oxygens (including phenoxy) is 1. The number of fused-ring (bicyclic) bond motifs is 1. The number of allylic oxidation sites excluding steroid dienone is 1. The zero-order chi connectivity index (χ0) is 19.9. The van der Waals surface area contributed by atoms with Crippen LogP contribution in [-0.2, 0) is 19.3 Å². The minimum absolute atomic E-state index is 0.105. The molecule has 1 nitrogen and oxygen atoms in total. The maximum Gasteiger partial charge on any atom is 0.129 e. The third-order valence-electron chi connectivity index (χ3n) is 5.59. The molecule has 0 aliphatic heterocycles. The molecule has 3 heteroatoms. The van der Waals surface area contributed by atoms with Crippen LogP contribution in [0, 0.1) is 11.6 Å². The minimum atomic E-state index is -0.387. The van der Waals surface area contributed by atoms with Gasteiger partial charge in [-0.1, -0.05) is 25.5 Å². The van der Waals surface area contributed by atoms with Crippen molar-refractivity contribution in [1.29, 1.82) is 0 Å². The molecule has 0 heterocycles. The van der Waals surface area contributed by atoms with E-state index in [0.717, 1.165) is 56.3 Å². The van der Waals surface area contributed by atoms with Crippen LogP contribution in [0.1, 0.15) is 67.2 Å². The van der Waals surface area contributed by atoms with Crippen molar-refractivity contribution in [3.8, 4) is 5.75 Å². The standard InChI is InChI=1S/C25H30F2O/c1-3-5-7-13-28-22-12-11-19-16-21(10-9-20(19)17-22)25-23(26)14-18(8-6-4-2)15-24(25)27/h3,11-12,14-15,17,21H,1,4-10,13,16H2,2H3. The predicted octanol–water partition coefficient (Wildman–Crippen LogP) is 6.92. The summed E-state index contributed by atoms with van der Waals surface area (Å²) >= 11 is 0. The Hall–Kier alpha value is -2.16. The largest absolute Gasteiger partial charge is 0.494 e. The smallest absolute Gasteiger partial charge is 0.129 e. The molecule has 150 valence electrons. The maximum atomic E-state index is 14.7. The molecule has 0 bridgehead atoms. The summed E-state index contributed by atoms with van der Waals surface area (Å²) < 4.78 is 35.2. The Balaban J connectivity index is 1.70. The third-order valence-corrected chi connectivity index (χ3v) is 5.59. The molecule has 1 aliphatic carbocycles. The highest BCUT2D eigenvalue weighted by Crippen LogP contribution is 2.37. The normalized spacial score (nSPS) is 15.9. The van der Waals surface area contributed by atoms with Crippen molar-refractivity contribution >= 4 is 0 Å². The molecule has 1 aliphatic rings. The molecule has 3 rings (SSSR count). The monoisotopic (exact) mass is 384 g/mol. The van der Waals surface area contributed by atoms with Gasteiger partial charge in [-0.25, -0.2) is 8.78 Å². The van der Waals surface area contributed by atoms with Gasteiger partial charge in [-0.05, 0) is 91.8 Å². The first-order valence-corrected chi connectivity index (χ1v) is 10.5. The van der Waals surface area contributed by atoms with E-state index in [-0.39, 0.29) is 23.1 Å². The van der Waals surface area contributed by atoms with Crippen LogP contribution in [-0.4, -0.2) is 6.61 Å². The van der Waals surface area contributed by atoms with E-state index in [1.807, 2.05) is 12.1 Å². The summed E-state index contributed by atoms with van der Waals surface area (Å²) in [6.07, 6.45) is 8.75. The van der Waals surface area contributed by atoms with Crippen LogP contribution in [0.2, 0.25) is 0 Å². The zero-order valence-electron chi connectivity index (χ0n) is 16.8. The molecule has 2 aromatic rings. The van der Waals surface area contributed by atoms with Gasteiger partial charge < -0.3 is 4.74 Å². The second-order valence-electron chi connectivity index (χ2n) is 7.73. The molecular weight excluding hydrogens is 354 g/mol. The van der Waals surface area contributed by atoms with Crippen LogP contribution in [0.3, 0.4) is 0 Å². The molecule has 1 unspecified atom stereocenters. The second kappa shape index (κ2) is 9.86. The molecule has 0 spiro atoms. The van der Waals surface area contributed by atoms with Crippen LogP contribution in [0.4, 0.5) is 8.78 Å². The number of aryl methyl sites for hydroxylation is 2. The topological polar surface area (TPSA) is 9.23 Å². The molecule has 28 heavy (non-hydrogen) atoms. The summed E-state index contributed by atoms with van der Waals surface area (Å²) in [4.78, 5) is 0. The average molecular weight is 385 g/mol. The van der Waals surface area contributed by atoms with E-state index < -0.39 is 0 Å². The van der Waals surface area contributed by atoms with Crippen molar-refractivity contribution in [3.05, 3.63) is 76.9 Å². The molecule has 1 atom stereocenters. The van der Waals surface area contributed by atoms with Gasteiger partial charge >= 0.3 is 0 Å². The Morgan fingerprint density at radius 3 is 2.61 bits per heavy atom. The summed E-state index contributed by atoms with van der Waals surface area (Å²) in [5.41, 5.74) is 3.42. The first-order valence-electron chi connectivity index (χ1n) is 10.5. The van der Waals surface area contributed by atoms with Gasteiger partial charge in [-0.2, -0.15) is 0 Å². The van der Waals surface area contributed by atoms with Gasteiger partial charge in [0, 0.05) is 5.56 Å². The van der Waals surface area contributed by atoms with Crippen molar-refractivity contribution in [2.24, 2.45) is 0 Å². The summed E-state index contributed by atoms with van der Waals surface area (Å²) in [6, 6.07) is 9.17. The van der Waals surface area contributed by atoms with Gasteiger partial charge in [0.2, 0.25) is 0 Å². The quantitative estimate of drug-likeness (QED) is 0.337. The van der Waals surface area contributed by atoms with E-state index in [2.05, 4.69) is 25.6 Å². The predicted molar refractivity (Wildman–Crippen MR) is 111 cm³/mol. The Kier molecular flexibility index (Phi) is 7.24. The van der Waals surface area contributed by atoms with Gasteiger partial charge in [0.25, 0.3) is 0 Å². The Morgan fingerprint density at radius 2 is 1.89 bits per heavy atom. The number of hydrogen-bond acceptors (Lipinski definition) is 1. The van der Waals surface area contributed by atoms with Gasteiger partial charge in [-0.3, -0.25) is 0 Å². The number of rotatable bonds is 9. The SMILES string of the molecule is C=CCCCOc1ccc2c(c1)CCC(c1c(F)cc(CCCC)cc1F)C2. The molecule has 0 radical (unpaired) electrons. The Bertz CT molecular complexity index is 789. The van der Waals surface area contributed by atoms with Crippen molar-refractivity contribution in [3.63, 3.8) is 0 Å². The zero-order valence-corrected chi connectivity index (χ0v) is 16.8. The molecular formula is C25H30F2O. The van der Waals surface area contributed by atoms with E-state index >= 15 is 0 Å². The molecule has 0 fully saturated rings. The average Bonchev–Trinajstić information content (AvgIpc) is 2.69. The fourth-order valence-corrected chi connectivity index (χ4v) is 4.04. The first kappa shape index (κ1) is 20.6. The van der Waals surface area contributed by atoms with Gasteiger partial charge in [0.1, 0.15) is 17.4 Å². The minimum Gasteiger partial charge on any atom is -0.494 e. The lowest BCUT2D eigenvalue weighted by Gasteiger charge is -2.26. The number of hydrogen-bond donors (Lipinski definition) is 0. The van der Waals surface area contributed by atoms with Crippen molar-refractivity contribution in [2.75, 3.05) is 6.61 Å². The molecule has 0 saturated heterocycles. The van der Waals surface area contributed by atoms with Crippen LogP contribution in [0.25, 0.3) is 0 Å². The van der Waals surface area contributed by atoms with Crippen molar-refractivity contribution in [2.45, 2.75) is 64.2 Å². The third kappa shape index (κ3) is 5.01. The van der Waals surface area contributed by atoms with E-state index in [1.165, 1.54) is 23.3 Å². The lowest BCUT2D eigenvalue weighted by atomic mass is 9.79. The van der Waals surface area contributed by atoms with Crippen LogP contribution in [0.15, 0.2) is 43.0 Å². The van der Waals surface area contributed by atoms with Crippen LogP contribution >= 0.6 is 0 Å². The summed E-state index contributed by atoms with van der Waals surface area (Å²) in [7, 11) is 0. The lowest BCUT2D eigenvalue weighted by molar-refractivity contribution is 0.311. The molecule has 0 aromatic heterocycles. The number of benzene rings is 2. The highest BCUT2D eigenvalue weighted by molar-refractivity contribution is 5.40. The van der Waals surface area contributed by atoms with Gasteiger partial charge in [0.15, 0.2) is 0 Å². The van der Waals surface area contributed by atoms with E-state index in [4.69, 9.17) is 4.74 Å².